The van der Waals surface area contributed by atoms with E-state index in [1.807, 2.05) is 60.7 Å². The Labute approximate surface area is 230 Å². The van der Waals surface area contributed by atoms with Crippen LogP contribution < -0.4 is 0 Å². The molecule has 0 amide bonds. The molecule has 2 unspecified atom stereocenters. The Bertz CT molecular complexity index is 772. The monoisotopic (exact) mass is 534 g/mol. The maximum Gasteiger partial charge on any atom is 0.310 e. The smallest absolute Gasteiger partial charge is 0.310 e. The minimum Gasteiger partial charge on any atom is -0.464 e. The molecule has 0 aromatic heterocycles. The van der Waals surface area contributed by atoms with Gasteiger partial charge in [-0.25, -0.2) is 0 Å². The van der Waals surface area contributed by atoms with E-state index in [-0.39, 0.29) is 36.4 Å². The number of hydrogen-bond donors (Lipinski definition) is 0. The molecule has 6 nitrogen and oxygen atoms in total. The van der Waals surface area contributed by atoms with Crippen LogP contribution in [0.5, 0.6) is 0 Å². The van der Waals surface area contributed by atoms with Gasteiger partial charge in [0.15, 0.2) is 0 Å². The van der Waals surface area contributed by atoms with Gasteiger partial charge >= 0.3 is 11.9 Å². The Morgan fingerprint density at radius 3 is 1.19 bits per heavy atom. The van der Waals surface area contributed by atoms with Gasteiger partial charge in [0.05, 0.1) is 12.8 Å². The van der Waals surface area contributed by atoms with Gasteiger partial charge in [-0.3, -0.25) is 19.4 Å². The topological polar surface area (TPSA) is 59.1 Å². The molecule has 7 heteroatoms. The number of carbonyl (C=O) groups excluding carboxylic acids is 2. The van der Waals surface area contributed by atoms with Gasteiger partial charge in [-0.05, 0) is 51.2 Å². The minimum absolute atomic E-state index is 0. The minimum atomic E-state index is -0.153. The van der Waals surface area contributed by atoms with Crippen molar-refractivity contribution in [2.24, 2.45) is 0 Å². The van der Waals surface area contributed by atoms with E-state index in [9.17, 15) is 9.59 Å². The number of benzene rings is 2. The number of likely N-dealkylation sites (N-methyl/N-ethyl adjacent to an activating group) is 2. The van der Waals surface area contributed by atoms with Crippen LogP contribution in [0.4, 0.5) is 0 Å². The molecule has 0 heterocycles. The summed E-state index contributed by atoms with van der Waals surface area (Å²) in [5.74, 6) is -0.305. The molecule has 0 radical (unpaired) electrons. The molecule has 208 valence electrons. The molecule has 0 N–H and O–H groups in total. The fourth-order valence-electron chi connectivity index (χ4n) is 3.96. The Hall–Kier alpha value is -2.41. The summed E-state index contributed by atoms with van der Waals surface area (Å²) in [4.78, 5) is 27.9. The van der Waals surface area contributed by atoms with Gasteiger partial charge in [-0.1, -0.05) is 88.4 Å². The lowest BCUT2D eigenvalue weighted by Gasteiger charge is -2.25. The van der Waals surface area contributed by atoms with Crippen LogP contribution in [0, 0.1) is 0 Å². The van der Waals surface area contributed by atoms with E-state index in [0.29, 0.717) is 26.1 Å². The summed E-state index contributed by atoms with van der Waals surface area (Å²) < 4.78 is 10.6. The van der Waals surface area contributed by atoms with E-state index < -0.39 is 0 Å². The molecular formula is C30H47ClN2O4. The van der Waals surface area contributed by atoms with E-state index in [4.69, 9.17) is 9.47 Å². The highest BCUT2D eigenvalue weighted by Crippen LogP contribution is 2.05. The number of nitrogens with zero attached hydrogens (tertiary/aromatic N) is 2. The van der Waals surface area contributed by atoms with Crippen LogP contribution in [-0.4, -0.2) is 73.2 Å². The zero-order chi connectivity index (χ0) is 26.8. The van der Waals surface area contributed by atoms with Crippen molar-refractivity contribution >= 4 is 24.3 Å². The van der Waals surface area contributed by atoms with Gasteiger partial charge in [0.25, 0.3) is 0 Å². The van der Waals surface area contributed by atoms with E-state index in [1.165, 1.54) is 0 Å². The van der Waals surface area contributed by atoms with Gasteiger partial charge in [-0.2, -0.15) is 0 Å². The van der Waals surface area contributed by atoms with Crippen LogP contribution in [0.15, 0.2) is 60.7 Å². The van der Waals surface area contributed by atoms with E-state index in [2.05, 4.69) is 51.3 Å². The molecule has 0 aliphatic carbocycles. The standard InChI is InChI=1S/2C15H23NO2.ClH/c2*1-4-16(5-2)13(3)12-18-15(17)11-14-9-7-6-8-10-14;/h2*6-10,13H,4-5,11-12H2,1-3H3;1H. The number of esters is 2. The van der Waals surface area contributed by atoms with Gasteiger partial charge in [0.1, 0.15) is 13.2 Å². The van der Waals surface area contributed by atoms with Gasteiger partial charge in [0, 0.05) is 12.1 Å². The number of rotatable bonds is 14. The highest BCUT2D eigenvalue weighted by molar-refractivity contribution is 5.85. The predicted molar refractivity (Wildman–Crippen MR) is 154 cm³/mol. The summed E-state index contributed by atoms with van der Waals surface area (Å²) in [6.07, 6.45) is 0.706. The van der Waals surface area contributed by atoms with Crippen LogP contribution in [0.3, 0.4) is 0 Å². The third-order valence-corrected chi connectivity index (χ3v) is 6.23. The number of ether oxygens (including phenoxy) is 2. The van der Waals surface area contributed by atoms with Crippen molar-refractivity contribution in [3.63, 3.8) is 0 Å². The third-order valence-electron chi connectivity index (χ3n) is 6.23. The zero-order valence-corrected chi connectivity index (χ0v) is 24.3. The summed E-state index contributed by atoms with van der Waals surface area (Å²) in [5, 5.41) is 0. The van der Waals surface area contributed by atoms with Crippen molar-refractivity contribution < 1.29 is 19.1 Å². The fraction of sp³-hybridized carbons (Fsp3) is 0.533. The maximum atomic E-state index is 11.7. The molecule has 0 aliphatic heterocycles. The molecule has 0 saturated heterocycles. The SMILES string of the molecule is CCN(CC)C(C)COC(=O)Cc1ccccc1.CCN(CC)C(C)COC(=O)Cc1ccccc1.Cl. The van der Waals surface area contributed by atoms with Gasteiger partial charge in [0.2, 0.25) is 0 Å². The Balaban J connectivity index is 0.000000682. The van der Waals surface area contributed by atoms with Gasteiger partial charge < -0.3 is 9.47 Å². The molecule has 2 atom stereocenters. The van der Waals surface area contributed by atoms with Crippen molar-refractivity contribution in [1.29, 1.82) is 0 Å². The molecule has 2 rings (SSSR count). The van der Waals surface area contributed by atoms with E-state index >= 15 is 0 Å². The quantitative estimate of drug-likeness (QED) is 0.301. The number of halogens is 1. The Kier molecular flexibility index (Phi) is 19.3. The first-order valence-electron chi connectivity index (χ1n) is 13.2. The summed E-state index contributed by atoms with van der Waals surface area (Å²) in [7, 11) is 0. The molecule has 2 aromatic carbocycles. The first kappa shape index (κ1) is 34.6. The highest BCUT2D eigenvalue weighted by atomic mass is 35.5. The van der Waals surface area contributed by atoms with Crippen LogP contribution in [0.25, 0.3) is 0 Å². The molecule has 0 saturated carbocycles. The molecule has 2 aromatic rings. The third kappa shape index (κ3) is 14.8. The summed E-state index contributed by atoms with van der Waals surface area (Å²) in [5.41, 5.74) is 2.00. The molecule has 37 heavy (non-hydrogen) atoms. The Morgan fingerprint density at radius 1 is 0.622 bits per heavy atom. The van der Waals surface area contributed by atoms with Crippen molar-refractivity contribution in [3.8, 4) is 0 Å². The molecule has 0 bridgehead atoms. The Morgan fingerprint density at radius 2 is 0.919 bits per heavy atom. The molecule has 0 fully saturated rings. The van der Waals surface area contributed by atoms with Crippen LogP contribution in [0.1, 0.15) is 52.7 Å². The number of carbonyl (C=O) groups is 2. The average molecular weight is 535 g/mol. The lowest BCUT2D eigenvalue weighted by atomic mass is 10.2. The molecular weight excluding hydrogens is 488 g/mol. The summed E-state index contributed by atoms with van der Waals surface area (Å²) in [6.45, 7) is 17.5. The van der Waals surface area contributed by atoms with Crippen LogP contribution >= 0.6 is 12.4 Å². The second kappa shape index (κ2) is 20.6. The van der Waals surface area contributed by atoms with Crippen molar-refractivity contribution in [2.45, 2.75) is 66.5 Å². The maximum absolute atomic E-state index is 11.7. The zero-order valence-electron chi connectivity index (χ0n) is 23.5. The normalized spacial score (nSPS) is 12.1. The van der Waals surface area contributed by atoms with Crippen molar-refractivity contribution in [2.75, 3.05) is 39.4 Å². The van der Waals surface area contributed by atoms with E-state index in [0.717, 1.165) is 37.3 Å². The summed E-state index contributed by atoms with van der Waals surface area (Å²) in [6, 6.07) is 19.9. The largest absolute Gasteiger partial charge is 0.464 e. The first-order chi connectivity index (χ1) is 17.3. The second-order valence-electron chi connectivity index (χ2n) is 8.83. The van der Waals surface area contributed by atoms with Crippen LogP contribution in [-0.2, 0) is 31.9 Å². The molecule has 0 aliphatic rings. The van der Waals surface area contributed by atoms with Crippen LogP contribution in [0.2, 0.25) is 0 Å². The fourth-order valence-corrected chi connectivity index (χ4v) is 3.96. The lowest BCUT2D eigenvalue weighted by Crippen LogP contribution is -2.36. The second-order valence-corrected chi connectivity index (χ2v) is 8.83. The predicted octanol–water partition coefficient (Wildman–Crippen LogP) is 5.43. The number of hydrogen-bond acceptors (Lipinski definition) is 6. The first-order valence-corrected chi connectivity index (χ1v) is 13.2. The lowest BCUT2D eigenvalue weighted by molar-refractivity contribution is -0.145. The van der Waals surface area contributed by atoms with Crippen molar-refractivity contribution in [1.82, 2.24) is 9.80 Å². The van der Waals surface area contributed by atoms with Crippen molar-refractivity contribution in [3.05, 3.63) is 71.8 Å². The highest BCUT2D eigenvalue weighted by Gasteiger charge is 2.14. The van der Waals surface area contributed by atoms with E-state index in [1.54, 1.807) is 0 Å². The average Bonchev–Trinajstić information content (AvgIpc) is 2.89. The molecule has 0 spiro atoms. The van der Waals surface area contributed by atoms with Gasteiger partial charge in [-0.15, -0.1) is 12.4 Å². The summed E-state index contributed by atoms with van der Waals surface area (Å²) >= 11 is 0.